The van der Waals surface area contributed by atoms with E-state index in [1.165, 1.54) is 16.8 Å². The van der Waals surface area contributed by atoms with Crippen LogP contribution in [0.15, 0.2) is 65.6 Å². The summed E-state index contributed by atoms with van der Waals surface area (Å²) in [6, 6.07) is 10.7. The molecule has 0 aromatic heterocycles. The minimum absolute atomic E-state index is 0.0119. The van der Waals surface area contributed by atoms with Gasteiger partial charge in [0, 0.05) is 29.0 Å². The van der Waals surface area contributed by atoms with E-state index in [1.54, 1.807) is 7.11 Å². The molecule has 0 amide bonds. The highest BCUT2D eigenvalue weighted by Gasteiger charge is 2.61. The SMILES string of the molecule is COC1=CC(C)=C2NC(C)(Cc3ccccc3)CC[C@]34C=C[C@H](O)C[C@@H]3OC1C24. The van der Waals surface area contributed by atoms with Crippen LogP contribution in [0, 0.1) is 11.3 Å². The molecule has 1 aromatic carbocycles. The summed E-state index contributed by atoms with van der Waals surface area (Å²) in [5.74, 6) is 1.11. The van der Waals surface area contributed by atoms with Gasteiger partial charge in [-0.2, -0.15) is 0 Å². The Bertz CT molecular complexity index is 889. The molecule has 29 heavy (non-hydrogen) atoms. The third-order valence-electron chi connectivity index (χ3n) is 7.47. The van der Waals surface area contributed by atoms with Gasteiger partial charge in [-0.15, -0.1) is 0 Å². The summed E-state index contributed by atoms with van der Waals surface area (Å²) in [4.78, 5) is 0. The number of methoxy groups -OCH3 is 1. The first kappa shape index (κ1) is 19.0. The fraction of sp³-hybridized carbons (Fsp3) is 0.520. The maximum absolute atomic E-state index is 10.3. The highest BCUT2D eigenvalue weighted by molar-refractivity contribution is 5.42. The quantitative estimate of drug-likeness (QED) is 0.766. The third kappa shape index (κ3) is 2.96. The van der Waals surface area contributed by atoms with Crippen molar-refractivity contribution in [2.24, 2.45) is 11.3 Å². The summed E-state index contributed by atoms with van der Waals surface area (Å²) in [6.07, 6.45) is 9.58. The summed E-state index contributed by atoms with van der Waals surface area (Å²) in [5, 5.41) is 14.3. The van der Waals surface area contributed by atoms with Crippen molar-refractivity contribution >= 4 is 0 Å². The van der Waals surface area contributed by atoms with Crippen LogP contribution in [0.4, 0.5) is 0 Å². The summed E-state index contributed by atoms with van der Waals surface area (Å²) >= 11 is 0. The number of hydrogen-bond donors (Lipinski definition) is 2. The molecule has 3 unspecified atom stereocenters. The molecule has 0 saturated carbocycles. The Labute approximate surface area is 173 Å². The lowest BCUT2D eigenvalue weighted by Gasteiger charge is -2.40. The number of allylic oxidation sites excluding steroid dienone is 2. The Hall–Kier alpha value is -2.04. The molecule has 2 N–H and O–H groups in total. The smallest absolute Gasteiger partial charge is 0.125 e. The van der Waals surface area contributed by atoms with Crippen molar-refractivity contribution in [3.05, 3.63) is 71.2 Å². The zero-order valence-electron chi connectivity index (χ0n) is 17.5. The van der Waals surface area contributed by atoms with Gasteiger partial charge in [0.25, 0.3) is 0 Å². The molecule has 4 nitrogen and oxygen atoms in total. The molecule has 0 radical (unpaired) electrons. The van der Waals surface area contributed by atoms with Crippen LogP contribution in [0.25, 0.3) is 0 Å². The average Bonchev–Trinajstić information content (AvgIpc) is 2.97. The molecule has 2 fully saturated rings. The van der Waals surface area contributed by atoms with E-state index in [9.17, 15) is 5.11 Å². The lowest BCUT2D eigenvalue weighted by Crippen LogP contribution is -2.46. The van der Waals surface area contributed by atoms with Crippen molar-refractivity contribution in [1.29, 1.82) is 0 Å². The molecule has 4 heteroatoms. The Morgan fingerprint density at radius 2 is 2.03 bits per heavy atom. The number of nitrogens with one attached hydrogen (secondary N) is 1. The summed E-state index contributed by atoms with van der Waals surface area (Å²) in [6.45, 7) is 4.52. The molecule has 5 rings (SSSR count). The maximum atomic E-state index is 10.3. The van der Waals surface area contributed by atoms with E-state index in [2.05, 4.69) is 61.6 Å². The molecule has 2 saturated heterocycles. The number of aliphatic hydroxyl groups excluding tert-OH is 1. The highest BCUT2D eigenvalue weighted by Crippen LogP contribution is 2.59. The second kappa shape index (κ2) is 6.75. The van der Waals surface area contributed by atoms with Crippen LogP contribution in [0.2, 0.25) is 0 Å². The normalized spacial score (nSPS) is 40.5. The van der Waals surface area contributed by atoms with Gasteiger partial charge in [-0.05, 0) is 50.3 Å². The van der Waals surface area contributed by atoms with Crippen LogP contribution in [-0.2, 0) is 15.9 Å². The molecule has 4 aliphatic rings. The molecule has 2 heterocycles. The standard InChI is InChI=1S/C25H31NO3/c1-16-13-19(28-3)23-21-22(16)26-24(2,15-17-7-5-4-6-8-17)11-12-25(21)10-9-18(27)14-20(25)29-23/h4-10,13,18,20-21,23,26-27H,11-12,14-15H2,1-3H3/t18-,20-,21?,23?,24?,25+/m0/s1. The van der Waals surface area contributed by atoms with Gasteiger partial charge in [0.15, 0.2) is 0 Å². The van der Waals surface area contributed by atoms with Crippen molar-refractivity contribution in [1.82, 2.24) is 5.32 Å². The van der Waals surface area contributed by atoms with Gasteiger partial charge >= 0.3 is 0 Å². The van der Waals surface area contributed by atoms with Crippen LogP contribution in [-0.4, -0.2) is 36.1 Å². The van der Waals surface area contributed by atoms with E-state index in [-0.39, 0.29) is 29.1 Å². The summed E-state index contributed by atoms with van der Waals surface area (Å²) in [5.41, 5.74) is 3.74. The van der Waals surface area contributed by atoms with Gasteiger partial charge in [0.2, 0.25) is 0 Å². The Kier molecular flexibility index (Phi) is 4.41. The number of hydrogen-bond acceptors (Lipinski definition) is 4. The van der Waals surface area contributed by atoms with Gasteiger partial charge in [0.1, 0.15) is 11.9 Å². The molecule has 6 atom stereocenters. The number of benzene rings is 1. The second-order valence-electron chi connectivity index (χ2n) is 9.49. The van der Waals surface area contributed by atoms with E-state index < -0.39 is 6.10 Å². The summed E-state index contributed by atoms with van der Waals surface area (Å²) < 4.78 is 12.3. The van der Waals surface area contributed by atoms with Gasteiger partial charge in [0.05, 0.1) is 19.3 Å². The minimum Gasteiger partial charge on any atom is -0.498 e. The van der Waals surface area contributed by atoms with Crippen molar-refractivity contribution in [2.45, 2.75) is 63.4 Å². The van der Waals surface area contributed by atoms with Crippen molar-refractivity contribution in [3.63, 3.8) is 0 Å². The third-order valence-corrected chi connectivity index (χ3v) is 7.47. The van der Waals surface area contributed by atoms with E-state index >= 15 is 0 Å². The zero-order chi connectivity index (χ0) is 20.2. The Morgan fingerprint density at radius 1 is 1.24 bits per heavy atom. The van der Waals surface area contributed by atoms with Crippen LogP contribution in [0.3, 0.4) is 0 Å². The molecular formula is C25H31NO3. The Morgan fingerprint density at radius 3 is 2.79 bits per heavy atom. The number of aliphatic hydroxyl groups is 1. The van der Waals surface area contributed by atoms with E-state index in [4.69, 9.17) is 9.47 Å². The van der Waals surface area contributed by atoms with Crippen LogP contribution >= 0.6 is 0 Å². The van der Waals surface area contributed by atoms with Gasteiger partial charge in [-0.3, -0.25) is 0 Å². The number of rotatable bonds is 3. The predicted molar refractivity (Wildman–Crippen MR) is 113 cm³/mol. The molecular weight excluding hydrogens is 362 g/mol. The Balaban J connectivity index is 1.59. The van der Waals surface area contributed by atoms with Crippen molar-refractivity contribution < 1.29 is 14.6 Å². The van der Waals surface area contributed by atoms with Crippen molar-refractivity contribution in [3.8, 4) is 0 Å². The van der Waals surface area contributed by atoms with Crippen LogP contribution in [0.1, 0.15) is 38.7 Å². The largest absolute Gasteiger partial charge is 0.498 e. The maximum Gasteiger partial charge on any atom is 0.125 e. The predicted octanol–water partition coefficient (Wildman–Crippen LogP) is 3.88. The lowest BCUT2D eigenvalue weighted by molar-refractivity contribution is -0.0160. The molecule has 1 aromatic rings. The average molecular weight is 394 g/mol. The van der Waals surface area contributed by atoms with E-state index in [0.717, 1.165) is 25.0 Å². The second-order valence-corrected chi connectivity index (χ2v) is 9.49. The first-order valence-electron chi connectivity index (χ1n) is 10.8. The zero-order valence-corrected chi connectivity index (χ0v) is 17.5. The monoisotopic (exact) mass is 393 g/mol. The van der Waals surface area contributed by atoms with Crippen LogP contribution < -0.4 is 5.32 Å². The topological polar surface area (TPSA) is 50.7 Å². The molecule has 2 aliphatic carbocycles. The fourth-order valence-corrected chi connectivity index (χ4v) is 6.02. The van der Waals surface area contributed by atoms with Gasteiger partial charge in [-0.1, -0.05) is 42.5 Å². The molecule has 0 bridgehead atoms. The van der Waals surface area contributed by atoms with E-state index in [0.29, 0.717) is 6.42 Å². The molecule has 1 spiro atoms. The fourth-order valence-electron chi connectivity index (χ4n) is 6.02. The van der Waals surface area contributed by atoms with Crippen molar-refractivity contribution in [2.75, 3.05) is 7.11 Å². The van der Waals surface area contributed by atoms with Gasteiger partial charge < -0.3 is 19.9 Å². The molecule has 154 valence electrons. The van der Waals surface area contributed by atoms with Crippen LogP contribution in [0.5, 0.6) is 0 Å². The first-order valence-corrected chi connectivity index (χ1v) is 10.8. The first-order chi connectivity index (χ1) is 13.9. The lowest BCUT2D eigenvalue weighted by atomic mass is 9.63. The summed E-state index contributed by atoms with van der Waals surface area (Å²) in [7, 11) is 1.73. The number of ether oxygens (including phenoxy) is 2. The van der Waals surface area contributed by atoms with E-state index in [1.807, 2.05) is 6.08 Å². The van der Waals surface area contributed by atoms with Gasteiger partial charge in [-0.25, -0.2) is 0 Å². The molecule has 2 aliphatic heterocycles. The minimum atomic E-state index is -0.429. The highest BCUT2D eigenvalue weighted by atomic mass is 16.5.